The van der Waals surface area contributed by atoms with E-state index >= 15 is 0 Å². The molecule has 0 saturated heterocycles. The SMILES string of the molecule is CN1CC=C(NNC(=O)c2cc(-c3ccc(F)cc3)nc3ccccc23)CC1. The summed E-state index contributed by atoms with van der Waals surface area (Å²) in [5.41, 5.74) is 9.46. The van der Waals surface area contributed by atoms with Crippen molar-refractivity contribution in [1.82, 2.24) is 20.7 Å². The monoisotopic (exact) mass is 376 g/mol. The number of amides is 1. The standard InChI is InChI=1S/C22H21FN4O/c1-27-12-10-17(11-13-27)25-26-22(28)19-14-21(15-6-8-16(23)9-7-15)24-20-5-3-2-4-18(19)20/h2-10,14,25H,11-13H2,1H3,(H,26,28). The summed E-state index contributed by atoms with van der Waals surface area (Å²) in [6.45, 7) is 1.80. The van der Waals surface area contributed by atoms with Crippen LogP contribution < -0.4 is 10.9 Å². The molecule has 142 valence electrons. The Bertz CT molecular complexity index is 1050. The van der Waals surface area contributed by atoms with Gasteiger partial charge in [0.25, 0.3) is 5.91 Å². The number of hydrogen-bond acceptors (Lipinski definition) is 4. The van der Waals surface area contributed by atoms with Crippen LogP contribution in [0.4, 0.5) is 4.39 Å². The second kappa shape index (κ2) is 7.78. The predicted molar refractivity (Wildman–Crippen MR) is 108 cm³/mol. The molecule has 0 unspecified atom stereocenters. The molecular formula is C22H21FN4O. The van der Waals surface area contributed by atoms with Crippen LogP contribution in [-0.2, 0) is 0 Å². The highest BCUT2D eigenvalue weighted by Gasteiger charge is 2.15. The predicted octanol–water partition coefficient (Wildman–Crippen LogP) is 3.49. The number of hydrogen-bond donors (Lipinski definition) is 2. The van der Waals surface area contributed by atoms with E-state index in [1.54, 1.807) is 18.2 Å². The van der Waals surface area contributed by atoms with Crippen molar-refractivity contribution in [3.8, 4) is 11.3 Å². The van der Waals surface area contributed by atoms with Crippen LogP contribution in [0.5, 0.6) is 0 Å². The largest absolute Gasteiger partial charge is 0.303 e. The van der Waals surface area contributed by atoms with Gasteiger partial charge in [-0.3, -0.25) is 10.2 Å². The number of likely N-dealkylation sites (N-methyl/N-ethyl adjacent to an activating group) is 1. The van der Waals surface area contributed by atoms with E-state index in [2.05, 4.69) is 33.9 Å². The highest BCUT2D eigenvalue weighted by molar-refractivity contribution is 6.07. The van der Waals surface area contributed by atoms with Gasteiger partial charge in [0.1, 0.15) is 5.82 Å². The van der Waals surface area contributed by atoms with Gasteiger partial charge in [-0.05, 0) is 49.5 Å². The van der Waals surface area contributed by atoms with Crippen molar-refractivity contribution < 1.29 is 9.18 Å². The highest BCUT2D eigenvalue weighted by atomic mass is 19.1. The molecule has 1 aliphatic rings. The zero-order valence-corrected chi connectivity index (χ0v) is 15.6. The summed E-state index contributed by atoms with van der Waals surface area (Å²) in [6.07, 6.45) is 2.92. The van der Waals surface area contributed by atoms with Gasteiger partial charge in [-0.1, -0.05) is 18.2 Å². The fourth-order valence-corrected chi connectivity index (χ4v) is 3.22. The zero-order valence-electron chi connectivity index (χ0n) is 15.6. The number of rotatable bonds is 4. The molecule has 3 aromatic rings. The Hall–Kier alpha value is -3.25. The summed E-state index contributed by atoms with van der Waals surface area (Å²) in [5.74, 6) is -0.542. The molecule has 2 heterocycles. The Labute approximate surface area is 162 Å². The van der Waals surface area contributed by atoms with Crippen molar-refractivity contribution in [2.45, 2.75) is 6.42 Å². The number of pyridine rings is 1. The maximum atomic E-state index is 13.3. The minimum Gasteiger partial charge on any atom is -0.303 e. The van der Waals surface area contributed by atoms with Crippen LogP contribution in [0, 0.1) is 5.82 Å². The number of nitrogens with one attached hydrogen (secondary N) is 2. The second-order valence-electron chi connectivity index (χ2n) is 6.90. The van der Waals surface area contributed by atoms with Gasteiger partial charge in [0, 0.05) is 36.2 Å². The number of halogens is 1. The van der Waals surface area contributed by atoms with Gasteiger partial charge < -0.3 is 10.3 Å². The summed E-state index contributed by atoms with van der Waals surface area (Å²) < 4.78 is 13.3. The van der Waals surface area contributed by atoms with Crippen LogP contribution >= 0.6 is 0 Å². The van der Waals surface area contributed by atoms with Crippen LogP contribution in [-0.4, -0.2) is 35.9 Å². The molecule has 2 aromatic carbocycles. The van der Waals surface area contributed by atoms with Gasteiger partial charge in [-0.2, -0.15) is 0 Å². The molecule has 0 fully saturated rings. The molecule has 0 radical (unpaired) electrons. The third-order valence-electron chi connectivity index (χ3n) is 4.85. The third kappa shape index (κ3) is 3.87. The minimum absolute atomic E-state index is 0.234. The van der Waals surface area contributed by atoms with Crippen molar-refractivity contribution in [3.05, 3.63) is 77.8 Å². The number of para-hydroxylation sites is 1. The van der Waals surface area contributed by atoms with Crippen LogP contribution in [0.3, 0.4) is 0 Å². The number of carbonyl (C=O) groups is 1. The summed E-state index contributed by atoms with van der Waals surface area (Å²) in [7, 11) is 2.06. The van der Waals surface area contributed by atoms with Gasteiger partial charge in [0.2, 0.25) is 0 Å². The molecule has 0 saturated carbocycles. The van der Waals surface area contributed by atoms with Gasteiger partial charge >= 0.3 is 0 Å². The molecule has 1 aromatic heterocycles. The first-order valence-corrected chi connectivity index (χ1v) is 9.20. The van der Waals surface area contributed by atoms with Crippen LogP contribution in [0.1, 0.15) is 16.8 Å². The van der Waals surface area contributed by atoms with E-state index in [9.17, 15) is 9.18 Å². The van der Waals surface area contributed by atoms with E-state index in [0.717, 1.165) is 36.2 Å². The fourth-order valence-electron chi connectivity index (χ4n) is 3.22. The molecule has 1 amide bonds. The summed E-state index contributed by atoms with van der Waals surface area (Å²) >= 11 is 0. The maximum Gasteiger partial charge on any atom is 0.270 e. The molecule has 2 N–H and O–H groups in total. The van der Waals surface area contributed by atoms with Gasteiger partial charge in [-0.15, -0.1) is 0 Å². The first-order valence-electron chi connectivity index (χ1n) is 9.20. The van der Waals surface area contributed by atoms with E-state index in [1.807, 2.05) is 24.3 Å². The van der Waals surface area contributed by atoms with Crippen LogP contribution in [0.25, 0.3) is 22.2 Å². The molecule has 0 spiro atoms. The van der Waals surface area contributed by atoms with Gasteiger partial charge in [-0.25, -0.2) is 9.37 Å². The summed E-state index contributed by atoms with van der Waals surface area (Å²) in [5, 5.41) is 0.769. The first kappa shape index (κ1) is 18.1. The number of carbonyl (C=O) groups excluding carboxylic acids is 1. The Morgan fingerprint density at radius 1 is 1.14 bits per heavy atom. The van der Waals surface area contributed by atoms with E-state index in [0.29, 0.717) is 16.8 Å². The number of hydrazine groups is 1. The molecule has 28 heavy (non-hydrogen) atoms. The second-order valence-corrected chi connectivity index (χ2v) is 6.90. The number of aromatic nitrogens is 1. The Morgan fingerprint density at radius 3 is 2.68 bits per heavy atom. The molecule has 6 heteroatoms. The van der Waals surface area contributed by atoms with E-state index in [4.69, 9.17) is 0 Å². The van der Waals surface area contributed by atoms with E-state index in [-0.39, 0.29) is 11.7 Å². The lowest BCUT2D eigenvalue weighted by Gasteiger charge is -2.23. The lowest BCUT2D eigenvalue weighted by Crippen LogP contribution is -2.39. The average Bonchev–Trinajstić information content (AvgIpc) is 2.73. The van der Waals surface area contributed by atoms with E-state index in [1.165, 1.54) is 12.1 Å². The van der Waals surface area contributed by atoms with Crippen molar-refractivity contribution >= 4 is 16.8 Å². The third-order valence-corrected chi connectivity index (χ3v) is 4.85. The summed E-state index contributed by atoms with van der Waals surface area (Å²) in [4.78, 5) is 19.7. The molecule has 5 nitrogen and oxygen atoms in total. The zero-order chi connectivity index (χ0) is 19.5. The highest BCUT2D eigenvalue weighted by Crippen LogP contribution is 2.25. The lowest BCUT2D eigenvalue weighted by molar-refractivity contribution is 0.0939. The van der Waals surface area contributed by atoms with E-state index < -0.39 is 0 Å². The first-order chi connectivity index (χ1) is 13.6. The van der Waals surface area contributed by atoms with Gasteiger partial charge in [0.05, 0.1) is 16.8 Å². The van der Waals surface area contributed by atoms with Crippen LogP contribution in [0.2, 0.25) is 0 Å². The fraction of sp³-hybridized carbons (Fsp3) is 0.182. The molecular weight excluding hydrogens is 355 g/mol. The Balaban J connectivity index is 1.65. The molecule has 4 rings (SSSR count). The molecule has 0 bridgehead atoms. The van der Waals surface area contributed by atoms with Crippen molar-refractivity contribution in [2.24, 2.45) is 0 Å². The number of fused-ring (bicyclic) bond motifs is 1. The quantitative estimate of drug-likeness (QED) is 0.685. The molecule has 0 atom stereocenters. The number of nitrogens with zero attached hydrogens (tertiary/aromatic N) is 2. The van der Waals surface area contributed by atoms with Crippen LogP contribution in [0.15, 0.2) is 66.4 Å². The van der Waals surface area contributed by atoms with Crippen molar-refractivity contribution in [3.63, 3.8) is 0 Å². The molecule has 0 aliphatic carbocycles. The normalized spacial score (nSPS) is 14.6. The average molecular weight is 376 g/mol. The smallest absolute Gasteiger partial charge is 0.270 e. The van der Waals surface area contributed by atoms with Crippen molar-refractivity contribution in [2.75, 3.05) is 20.1 Å². The van der Waals surface area contributed by atoms with Gasteiger partial charge in [0.15, 0.2) is 0 Å². The number of benzene rings is 2. The molecule has 1 aliphatic heterocycles. The maximum absolute atomic E-state index is 13.3. The topological polar surface area (TPSA) is 57.3 Å². The minimum atomic E-state index is -0.307. The van der Waals surface area contributed by atoms with Crippen molar-refractivity contribution in [1.29, 1.82) is 0 Å². The lowest BCUT2D eigenvalue weighted by atomic mass is 10.0. The Kier molecular flexibility index (Phi) is 5.04. The Morgan fingerprint density at radius 2 is 1.93 bits per heavy atom. The summed E-state index contributed by atoms with van der Waals surface area (Å²) in [6, 6.07) is 15.4.